The fourth-order valence-corrected chi connectivity index (χ4v) is 7.97. The summed E-state index contributed by atoms with van der Waals surface area (Å²) in [4.78, 5) is 0. The lowest BCUT2D eigenvalue weighted by atomic mass is 9.88. The third-order valence-electron chi connectivity index (χ3n) is 11.2. The summed E-state index contributed by atoms with van der Waals surface area (Å²) >= 11 is 0. The summed E-state index contributed by atoms with van der Waals surface area (Å²) in [5, 5.41) is 9.09. The highest BCUT2D eigenvalue weighted by atomic mass is 16.5. The van der Waals surface area contributed by atoms with E-state index in [0.29, 0.717) is 33.0 Å². The summed E-state index contributed by atoms with van der Waals surface area (Å²) in [5.41, 5.74) is 2.29. The first-order valence-electron chi connectivity index (χ1n) is 22.8. The lowest BCUT2D eigenvalue weighted by molar-refractivity contribution is 0.260. The summed E-state index contributed by atoms with van der Waals surface area (Å²) in [7, 11) is 0. The van der Waals surface area contributed by atoms with Crippen LogP contribution in [0.25, 0.3) is 54.2 Å². The molecule has 0 atom stereocenters. The van der Waals surface area contributed by atoms with Gasteiger partial charge in [0.25, 0.3) is 0 Å². The highest BCUT2D eigenvalue weighted by Gasteiger charge is 2.23. The first-order valence-corrected chi connectivity index (χ1v) is 22.8. The molecule has 0 radical (unpaired) electrons. The third-order valence-corrected chi connectivity index (χ3v) is 11.2. The van der Waals surface area contributed by atoms with Crippen molar-refractivity contribution in [3.8, 4) is 39.9 Å². The van der Waals surface area contributed by atoms with Gasteiger partial charge in [-0.3, -0.25) is 0 Å². The lowest BCUT2D eigenvalue weighted by Crippen LogP contribution is -2.05. The van der Waals surface area contributed by atoms with Gasteiger partial charge in [0.2, 0.25) is 0 Å². The van der Waals surface area contributed by atoms with Gasteiger partial charge in [0.05, 0.1) is 33.0 Å². The van der Waals surface area contributed by atoms with Crippen LogP contribution in [0.5, 0.6) is 28.7 Å². The van der Waals surface area contributed by atoms with Gasteiger partial charge in [-0.05, 0) is 123 Å². The molecular formula is C53H68O5. The Labute approximate surface area is 348 Å². The second-order valence-corrected chi connectivity index (χ2v) is 15.9. The number of hydrogen-bond donors (Lipinski definition) is 0. The fourth-order valence-electron chi connectivity index (χ4n) is 7.97. The summed E-state index contributed by atoms with van der Waals surface area (Å²) in [6.45, 7) is 14.4. The predicted octanol–water partition coefficient (Wildman–Crippen LogP) is 15.8. The molecule has 0 fully saturated rings. The molecule has 6 aromatic carbocycles. The lowest BCUT2D eigenvalue weighted by Gasteiger charge is -2.22. The molecule has 0 heterocycles. The van der Waals surface area contributed by atoms with Crippen LogP contribution in [0.4, 0.5) is 0 Å². The van der Waals surface area contributed by atoms with Gasteiger partial charge in [-0.2, -0.15) is 0 Å². The van der Waals surface area contributed by atoms with Crippen molar-refractivity contribution in [2.24, 2.45) is 0 Å². The Balaban J connectivity index is 1.69. The van der Waals surface area contributed by atoms with E-state index in [0.717, 1.165) is 163 Å². The molecule has 0 spiro atoms. The number of rotatable bonds is 26. The van der Waals surface area contributed by atoms with E-state index in [-0.39, 0.29) is 0 Å². The molecule has 6 rings (SSSR count). The van der Waals surface area contributed by atoms with Crippen LogP contribution >= 0.6 is 0 Å². The minimum absolute atomic E-state index is 0.624. The van der Waals surface area contributed by atoms with Gasteiger partial charge in [-0.25, -0.2) is 0 Å². The molecule has 0 saturated carbocycles. The Hall–Kier alpha value is -4.64. The van der Waals surface area contributed by atoms with E-state index >= 15 is 0 Å². The maximum atomic E-state index is 6.92. The third kappa shape index (κ3) is 10.7. The largest absolute Gasteiger partial charge is 0.494 e. The topological polar surface area (TPSA) is 46.2 Å². The fraction of sp³-hybridized carbons (Fsp3) is 0.472. The smallest absolute Gasteiger partial charge is 0.169 e. The van der Waals surface area contributed by atoms with Crippen LogP contribution in [-0.2, 0) is 0 Å². The zero-order valence-electron chi connectivity index (χ0n) is 36.2. The Morgan fingerprint density at radius 1 is 0.362 bits per heavy atom. The molecule has 0 aliphatic carbocycles. The molecule has 58 heavy (non-hydrogen) atoms. The molecule has 0 amide bonds. The van der Waals surface area contributed by atoms with Gasteiger partial charge in [-0.15, -0.1) is 0 Å². The average molecular weight is 785 g/mol. The van der Waals surface area contributed by atoms with Crippen molar-refractivity contribution in [1.82, 2.24) is 0 Å². The molecule has 0 aromatic heterocycles. The average Bonchev–Trinajstić information content (AvgIpc) is 3.25. The molecule has 0 N–H and O–H groups in total. The van der Waals surface area contributed by atoms with Crippen molar-refractivity contribution in [3.05, 3.63) is 78.9 Å². The normalized spacial score (nSPS) is 11.5. The van der Waals surface area contributed by atoms with Crippen molar-refractivity contribution < 1.29 is 23.7 Å². The van der Waals surface area contributed by atoms with Crippen molar-refractivity contribution >= 4 is 43.1 Å². The molecule has 0 aliphatic heterocycles. The second kappa shape index (κ2) is 22.5. The Bertz CT molecular complexity index is 2200. The van der Waals surface area contributed by atoms with Crippen LogP contribution in [0.15, 0.2) is 78.9 Å². The first kappa shape index (κ1) is 43.0. The number of fused-ring (bicyclic) bond motifs is 7. The Morgan fingerprint density at radius 2 is 0.879 bits per heavy atom. The zero-order valence-corrected chi connectivity index (χ0v) is 36.2. The predicted molar refractivity (Wildman–Crippen MR) is 247 cm³/mol. The van der Waals surface area contributed by atoms with E-state index in [1.807, 2.05) is 0 Å². The quantitative estimate of drug-likeness (QED) is 0.0405. The highest BCUT2D eigenvalue weighted by Crippen LogP contribution is 2.50. The molecule has 0 saturated heterocycles. The molecule has 0 aliphatic rings. The minimum Gasteiger partial charge on any atom is -0.494 e. The maximum Gasteiger partial charge on any atom is 0.169 e. The van der Waals surface area contributed by atoms with Crippen LogP contribution < -0.4 is 23.7 Å². The van der Waals surface area contributed by atoms with E-state index in [9.17, 15) is 0 Å². The van der Waals surface area contributed by atoms with E-state index in [4.69, 9.17) is 23.7 Å². The summed E-state index contributed by atoms with van der Waals surface area (Å²) in [5.74, 6) is 4.07. The van der Waals surface area contributed by atoms with Crippen molar-refractivity contribution in [2.75, 3.05) is 33.0 Å². The highest BCUT2D eigenvalue weighted by molar-refractivity contribution is 6.31. The number of benzene rings is 6. The van der Waals surface area contributed by atoms with E-state index in [1.165, 1.54) is 16.2 Å². The van der Waals surface area contributed by atoms with Gasteiger partial charge in [0, 0.05) is 5.39 Å². The summed E-state index contributed by atoms with van der Waals surface area (Å²) in [6.07, 6.45) is 16.3. The standard InChI is InChI=1S/C53H68O5/c1-6-11-18-29-54-42-35-44(41-26-25-39-23-16-17-24-40(39)34-41)51-43-27-28-48(55-30-19-12-7-2)53(58-33-22-15-10-5)52(43)47-38-50(57-32-21-14-9-4)49(56-31-20-13-8-3)37-45(47)46(51)36-42/h16-17,23-28,34-38H,6-15,18-22,29-33H2,1-5H3. The molecule has 0 bridgehead atoms. The SMILES string of the molecule is CCCCCOc1cc(-c2ccc3ccccc3c2)c2c(c1)c1cc(OCCCCC)c(OCCCCC)cc1c1c(OCCCCC)c(OCCCCC)ccc21. The zero-order chi connectivity index (χ0) is 40.5. The molecule has 5 nitrogen and oxygen atoms in total. The van der Waals surface area contributed by atoms with Crippen LogP contribution in [0.3, 0.4) is 0 Å². The second-order valence-electron chi connectivity index (χ2n) is 15.9. The molecule has 6 aromatic rings. The number of hydrogen-bond acceptors (Lipinski definition) is 5. The number of ether oxygens (including phenoxy) is 5. The van der Waals surface area contributed by atoms with Crippen molar-refractivity contribution in [3.63, 3.8) is 0 Å². The van der Waals surface area contributed by atoms with Gasteiger partial charge >= 0.3 is 0 Å². The number of unbranched alkanes of at least 4 members (excludes halogenated alkanes) is 10. The maximum absolute atomic E-state index is 6.92. The monoisotopic (exact) mass is 785 g/mol. The van der Waals surface area contributed by atoms with Gasteiger partial charge in [0.1, 0.15) is 5.75 Å². The van der Waals surface area contributed by atoms with Crippen molar-refractivity contribution in [2.45, 2.75) is 131 Å². The minimum atomic E-state index is 0.624. The molecule has 310 valence electrons. The van der Waals surface area contributed by atoms with Crippen molar-refractivity contribution in [1.29, 1.82) is 0 Å². The van der Waals surface area contributed by atoms with E-state index in [2.05, 4.69) is 113 Å². The Kier molecular flexibility index (Phi) is 16.7. The molecule has 5 heteroatoms. The van der Waals surface area contributed by atoms with E-state index in [1.54, 1.807) is 0 Å². The van der Waals surface area contributed by atoms with E-state index < -0.39 is 0 Å². The Morgan fingerprint density at radius 3 is 1.48 bits per heavy atom. The molecule has 0 unspecified atom stereocenters. The summed E-state index contributed by atoms with van der Waals surface area (Å²) < 4.78 is 33.5. The van der Waals surface area contributed by atoms with Gasteiger partial charge < -0.3 is 23.7 Å². The van der Waals surface area contributed by atoms with Crippen LogP contribution in [-0.4, -0.2) is 33.0 Å². The first-order chi connectivity index (χ1) is 28.6. The van der Waals surface area contributed by atoms with Crippen LogP contribution in [0.2, 0.25) is 0 Å². The molecular weight excluding hydrogens is 717 g/mol. The van der Waals surface area contributed by atoms with Crippen LogP contribution in [0, 0.1) is 0 Å². The van der Waals surface area contributed by atoms with Gasteiger partial charge in [-0.1, -0.05) is 135 Å². The van der Waals surface area contributed by atoms with Gasteiger partial charge in [0.15, 0.2) is 23.0 Å². The summed E-state index contributed by atoms with van der Waals surface area (Å²) in [6, 6.07) is 28.8. The van der Waals surface area contributed by atoms with Crippen LogP contribution in [0.1, 0.15) is 131 Å².